The molecule has 0 bridgehead atoms. The normalized spacial score (nSPS) is 37.5. The minimum absolute atomic E-state index is 0.0103. The number of carboxylic acids is 1. The Morgan fingerprint density at radius 1 is 0.621 bits per heavy atom. The Hall–Kier alpha value is -4.80. The number of hydrogen-bond acceptors (Lipinski definition) is 9. The monoisotopic (exact) mass is 900 g/mol. The summed E-state index contributed by atoms with van der Waals surface area (Å²) in [6, 6.07) is 25.7. The van der Waals surface area contributed by atoms with Gasteiger partial charge in [0.25, 0.3) is 0 Å². The molecule has 4 saturated carbocycles. The first-order valence-corrected chi connectivity index (χ1v) is 24.3. The molecule has 1 saturated heterocycles. The van der Waals surface area contributed by atoms with Crippen molar-refractivity contribution in [1.29, 1.82) is 0 Å². The molecule has 5 fully saturated rings. The lowest BCUT2D eigenvalue weighted by Gasteiger charge is -2.71. The van der Waals surface area contributed by atoms with E-state index in [1.807, 2.05) is 6.07 Å². The van der Waals surface area contributed by atoms with Crippen LogP contribution in [-0.4, -0.2) is 66.3 Å². The van der Waals surface area contributed by atoms with Crippen molar-refractivity contribution < 1.29 is 48.0 Å². The molecule has 0 spiro atoms. The van der Waals surface area contributed by atoms with Gasteiger partial charge in [0.2, 0.25) is 0 Å². The van der Waals surface area contributed by atoms with Gasteiger partial charge in [0.05, 0.1) is 34.8 Å². The molecule has 10 heteroatoms. The molecule has 66 heavy (non-hydrogen) atoms. The average molecular weight is 901 g/mol. The highest BCUT2D eigenvalue weighted by molar-refractivity contribution is 5.91. The fraction of sp³-hybridized carbons (Fsp3) is 0.571. The van der Waals surface area contributed by atoms with E-state index in [-0.39, 0.29) is 57.2 Å². The second kappa shape index (κ2) is 17.1. The van der Waals surface area contributed by atoms with Gasteiger partial charge in [-0.3, -0.25) is 4.79 Å². The van der Waals surface area contributed by atoms with E-state index in [9.17, 15) is 24.3 Å². The van der Waals surface area contributed by atoms with Crippen LogP contribution in [0.1, 0.15) is 144 Å². The summed E-state index contributed by atoms with van der Waals surface area (Å²) in [5.41, 5.74) is 1.23. The first kappa shape index (κ1) is 46.3. The number of rotatable bonds is 9. The minimum Gasteiger partial charge on any atom is -0.481 e. The summed E-state index contributed by atoms with van der Waals surface area (Å²) in [6.07, 6.45) is 6.13. The van der Waals surface area contributed by atoms with Crippen LogP contribution in [0.3, 0.4) is 0 Å². The minimum atomic E-state index is -1.30. The lowest BCUT2D eigenvalue weighted by molar-refractivity contribution is -0.306. The molecule has 0 radical (unpaired) electrons. The predicted molar refractivity (Wildman–Crippen MR) is 248 cm³/mol. The van der Waals surface area contributed by atoms with Crippen molar-refractivity contribution in [3.8, 4) is 0 Å². The summed E-state index contributed by atoms with van der Waals surface area (Å²) < 4.78 is 32.2. The largest absolute Gasteiger partial charge is 0.481 e. The molecule has 0 aromatic heterocycles. The van der Waals surface area contributed by atoms with Crippen molar-refractivity contribution in [3.63, 3.8) is 0 Å². The van der Waals surface area contributed by atoms with Crippen molar-refractivity contribution in [1.82, 2.24) is 0 Å². The molecular formula is C56H68O10. The fourth-order valence-electron chi connectivity index (χ4n) is 14.5. The number of carbonyl (C=O) groups is 4. The Kier molecular flexibility index (Phi) is 12.0. The number of ether oxygens (including phenoxy) is 5. The second-order valence-corrected chi connectivity index (χ2v) is 22.6. The smallest absolute Gasteiger partial charge is 0.338 e. The van der Waals surface area contributed by atoms with Gasteiger partial charge in [0.1, 0.15) is 0 Å². The van der Waals surface area contributed by atoms with Crippen LogP contribution in [0.5, 0.6) is 0 Å². The molecule has 3 aromatic carbocycles. The molecule has 0 amide bonds. The van der Waals surface area contributed by atoms with Crippen LogP contribution in [0.15, 0.2) is 103 Å². The van der Waals surface area contributed by atoms with Crippen molar-refractivity contribution in [2.24, 2.45) is 50.2 Å². The number of aliphatic carboxylic acids is 1. The number of benzene rings is 3. The van der Waals surface area contributed by atoms with E-state index in [0.717, 1.165) is 64.2 Å². The van der Waals surface area contributed by atoms with E-state index in [2.05, 4.69) is 54.5 Å². The zero-order chi connectivity index (χ0) is 46.9. The van der Waals surface area contributed by atoms with E-state index in [1.165, 1.54) is 5.57 Å². The molecule has 10 nitrogen and oxygen atoms in total. The van der Waals surface area contributed by atoms with Crippen LogP contribution in [0, 0.1) is 50.2 Å². The first-order valence-electron chi connectivity index (χ1n) is 24.3. The van der Waals surface area contributed by atoms with E-state index in [0.29, 0.717) is 17.0 Å². The second-order valence-electron chi connectivity index (χ2n) is 22.6. The highest BCUT2D eigenvalue weighted by Gasteiger charge is 2.69. The zero-order valence-corrected chi connectivity index (χ0v) is 39.8. The maximum Gasteiger partial charge on any atom is 0.338 e. The molecule has 9 rings (SSSR count). The lowest BCUT2D eigenvalue weighted by atomic mass is 9.33. The predicted octanol–water partition coefficient (Wildman–Crippen LogP) is 11.3. The topological polar surface area (TPSA) is 135 Å². The Balaban J connectivity index is 1.01. The van der Waals surface area contributed by atoms with Crippen LogP contribution in [-0.2, 0) is 28.5 Å². The van der Waals surface area contributed by atoms with Crippen LogP contribution in [0.25, 0.3) is 0 Å². The first-order chi connectivity index (χ1) is 31.3. The average Bonchev–Trinajstić information content (AvgIpc) is 3.29. The van der Waals surface area contributed by atoms with Gasteiger partial charge in [0.15, 0.2) is 24.6 Å². The molecule has 6 aliphatic rings. The summed E-state index contributed by atoms with van der Waals surface area (Å²) in [5, 5.41) is 10.8. The van der Waals surface area contributed by atoms with Crippen molar-refractivity contribution in [3.05, 3.63) is 119 Å². The van der Waals surface area contributed by atoms with E-state index in [1.54, 1.807) is 84.9 Å². The van der Waals surface area contributed by atoms with Gasteiger partial charge in [-0.25, -0.2) is 14.4 Å². The van der Waals surface area contributed by atoms with Crippen LogP contribution < -0.4 is 0 Å². The summed E-state index contributed by atoms with van der Waals surface area (Å²) in [5.74, 6) is -1.86. The standard InChI is InChI=1S/C56H68O10/c1-51(2)29-31-56(50(60)61)32-30-54(6)38(39(56)33-51)23-24-42-53(5)27-26-43(52(3,4)41(53)25-28-55(42,54)7)64-49-45(66-48(59)37-21-15-10-16-22-37)44(65-47(58)36-19-13-9-14-20-36)40(34-62-49)63-46(57)35-17-11-8-12-18-35/h8-23,39-45,49H,24-34H2,1-7H3,(H,60,61)/t39-,40-,41-,42+,43-,44-,45+,49-,53-,54+,55+,56-/m0/s1. The Bertz CT molecular complexity index is 2340. The SMILES string of the molecule is CC1(C)CC[C@]2(C(=O)O)CC[C@]3(C)C(=CC[C@@H]4[C@@]5(C)CC[C@H](O[C@@H]6OC[C@H](OC(=O)c7ccccc7)[C@H](OC(=O)c7ccccc7)[C@H]6OC(=O)c6ccccc6)C(C)(C)[C@@H]5CC[C@]43C)[C@@H]2C1. The number of hydrogen-bond donors (Lipinski definition) is 1. The molecule has 1 heterocycles. The van der Waals surface area contributed by atoms with Crippen LogP contribution in [0.2, 0.25) is 0 Å². The third kappa shape index (κ3) is 7.72. The number of carbonyl (C=O) groups excluding carboxylic acids is 3. The van der Waals surface area contributed by atoms with E-state index >= 15 is 0 Å². The molecule has 3 aromatic rings. The molecule has 1 N–H and O–H groups in total. The van der Waals surface area contributed by atoms with Gasteiger partial charge in [-0.2, -0.15) is 0 Å². The van der Waals surface area contributed by atoms with Crippen LogP contribution >= 0.6 is 0 Å². The molecule has 12 atom stereocenters. The van der Waals surface area contributed by atoms with Crippen molar-refractivity contribution >= 4 is 23.9 Å². The summed E-state index contributed by atoms with van der Waals surface area (Å²) in [7, 11) is 0. The summed E-state index contributed by atoms with van der Waals surface area (Å²) >= 11 is 0. The lowest BCUT2D eigenvalue weighted by Crippen LogP contribution is -2.66. The highest BCUT2D eigenvalue weighted by Crippen LogP contribution is 2.76. The number of allylic oxidation sites excluding steroid dienone is 2. The Morgan fingerprint density at radius 2 is 1.17 bits per heavy atom. The quantitative estimate of drug-likeness (QED) is 0.0957. The third-order valence-electron chi connectivity index (χ3n) is 18.5. The van der Waals surface area contributed by atoms with E-state index in [4.69, 9.17) is 23.7 Å². The van der Waals surface area contributed by atoms with Gasteiger partial charge in [-0.15, -0.1) is 0 Å². The van der Waals surface area contributed by atoms with Gasteiger partial charge in [-0.05, 0) is 145 Å². The summed E-state index contributed by atoms with van der Waals surface area (Å²) in [4.78, 5) is 54.7. The maximum atomic E-state index is 14.0. The Morgan fingerprint density at radius 3 is 1.74 bits per heavy atom. The molecular weight excluding hydrogens is 833 g/mol. The highest BCUT2D eigenvalue weighted by atomic mass is 16.7. The molecule has 1 aliphatic heterocycles. The molecule has 352 valence electrons. The fourth-order valence-corrected chi connectivity index (χ4v) is 14.5. The van der Waals surface area contributed by atoms with Gasteiger partial charge >= 0.3 is 23.9 Å². The van der Waals surface area contributed by atoms with Crippen LogP contribution in [0.4, 0.5) is 0 Å². The summed E-state index contributed by atoms with van der Waals surface area (Å²) in [6.45, 7) is 16.6. The maximum absolute atomic E-state index is 14.0. The number of fused-ring (bicyclic) bond motifs is 7. The third-order valence-corrected chi connectivity index (χ3v) is 18.5. The van der Waals surface area contributed by atoms with Gasteiger partial charge in [0, 0.05) is 0 Å². The van der Waals surface area contributed by atoms with Crippen molar-refractivity contribution in [2.75, 3.05) is 6.61 Å². The zero-order valence-electron chi connectivity index (χ0n) is 39.8. The van der Waals surface area contributed by atoms with Gasteiger partial charge < -0.3 is 28.8 Å². The Labute approximate surface area is 390 Å². The molecule has 0 unspecified atom stereocenters. The molecule has 5 aliphatic carbocycles. The van der Waals surface area contributed by atoms with Gasteiger partial charge in [-0.1, -0.05) is 115 Å². The van der Waals surface area contributed by atoms with E-state index < -0.39 is 53.9 Å². The number of esters is 3. The van der Waals surface area contributed by atoms with Crippen molar-refractivity contribution in [2.45, 2.75) is 143 Å². The number of carboxylic acid groups (broad SMARTS) is 1.